The van der Waals surface area contributed by atoms with E-state index in [0.29, 0.717) is 88.7 Å². The Hall–Kier alpha value is -8.58. The molecule has 13 atom stereocenters. The highest BCUT2D eigenvalue weighted by Gasteiger charge is 2.54. The summed E-state index contributed by atoms with van der Waals surface area (Å²) < 4.78 is 32.0. The number of rotatable bonds is 45. The molecule has 13 unspecified atom stereocenters. The van der Waals surface area contributed by atoms with Gasteiger partial charge < -0.3 is 57.6 Å². The number of hydrogen-bond acceptors (Lipinski definition) is 30. The highest BCUT2D eigenvalue weighted by atomic mass is 32.2. The predicted molar refractivity (Wildman–Crippen MR) is 436 cm³/mol. The zero-order valence-electron chi connectivity index (χ0n) is 67.9. The summed E-state index contributed by atoms with van der Waals surface area (Å²) in [6, 6.07) is 23.1. The highest BCUT2D eigenvalue weighted by Crippen LogP contribution is 2.52. The number of aryl methyl sites for hydroxylation is 3. The second-order valence-electron chi connectivity index (χ2n) is 29.5. The van der Waals surface area contributed by atoms with E-state index in [-0.39, 0.29) is 112 Å². The maximum Gasteiger partial charge on any atom is 0.328 e. The normalized spacial score (nSPS) is 21.1. The number of unbranched alkanes of at least 4 members (excludes halogenated alkanes) is 1. The minimum atomic E-state index is -0.887. The van der Waals surface area contributed by atoms with E-state index in [0.717, 1.165) is 79.6 Å². The summed E-state index contributed by atoms with van der Waals surface area (Å²) in [6.07, 6.45) is 13.6. The molecule has 3 N–H and O–H groups in total. The third-order valence-corrected chi connectivity index (χ3v) is 25.7. The monoisotopic (exact) mass is 1700 g/mol. The van der Waals surface area contributed by atoms with E-state index in [1.54, 1.807) is 79.8 Å². The van der Waals surface area contributed by atoms with Crippen LogP contribution in [0.4, 0.5) is 0 Å². The van der Waals surface area contributed by atoms with Crippen LogP contribution < -0.4 is 16.0 Å². The molecule has 3 aromatic rings. The van der Waals surface area contributed by atoms with Crippen molar-refractivity contribution in [1.82, 2.24) is 30.7 Å². The number of nitrogens with zero attached hydrogens (tertiary/aromatic N) is 6. The van der Waals surface area contributed by atoms with Crippen molar-refractivity contribution < 1.29 is 101 Å². The summed E-state index contributed by atoms with van der Waals surface area (Å²) in [5.41, 5.74) is 3.25. The maximum atomic E-state index is 13.8. The molecular weight excluding hydrogens is 1580 g/mol. The van der Waals surface area contributed by atoms with Gasteiger partial charge in [-0.15, -0.1) is 53.9 Å². The summed E-state index contributed by atoms with van der Waals surface area (Å²) in [7, 11) is 0. The summed E-state index contributed by atoms with van der Waals surface area (Å²) in [5, 5.41) is 37.7. The molecular formula is C81H117N9O24S3. The van der Waals surface area contributed by atoms with Gasteiger partial charge in [0.05, 0.1) is 68.5 Å². The molecule has 9 rings (SSSR count). The summed E-state index contributed by atoms with van der Waals surface area (Å²) in [6.45, 7) is 11.5. The molecule has 0 radical (unpaired) electrons. The molecule has 4 heterocycles. The van der Waals surface area contributed by atoms with Gasteiger partial charge in [-0.25, -0.2) is 14.4 Å². The van der Waals surface area contributed by atoms with Crippen molar-refractivity contribution in [2.24, 2.45) is 11.8 Å². The number of carbonyl (C=O) groups is 9. The Morgan fingerprint density at radius 2 is 0.812 bits per heavy atom. The standard InChI is InChI=1S/C28H41N3O8.C27H39N3O8.C26H37N3O8S3/c1-3-37-27(33)23(16-15-21-11-5-4-6-12-21)29-20(2)26(32)30-24-14-8-7-13-22(24)19-25(30)28(34)38-17-9-10-18-39-31(35)36;1-3-36-26(32)22(15-14-20-10-5-4-6-11-20)28-19(2)25(31)29-23-13-8-7-12-21(23)18-24(29)27(33)37-16-9-17-38-30(34)35;1-3-35-24(31)21(10-9-20-7-5-4-6-8-20)27-19(2)23(30)28-18-26(39-15-16-40-26)17-22(28)25(32)36-11-13-38-14-12-37-29(33)34/h4-6,11-12,20,22-25,29H,3,7-10,13-19H2,1-2H3;4-6,10-11,19,21-24,28H,3,7-9,12-18H2,1-2H3;4-8,19,21-22,27H,3,9-18H2,1-2H3. The molecule has 117 heavy (non-hydrogen) atoms. The van der Waals surface area contributed by atoms with Crippen LogP contribution in [0.2, 0.25) is 0 Å². The smallest absolute Gasteiger partial charge is 0.328 e. The molecule has 33 nitrogen and oxygen atoms in total. The van der Waals surface area contributed by atoms with Crippen molar-refractivity contribution in [2.45, 2.75) is 240 Å². The topological polar surface area (TPSA) is 412 Å². The van der Waals surface area contributed by atoms with E-state index in [1.165, 1.54) is 11.8 Å². The van der Waals surface area contributed by atoms with Crippen molar-refractivity contribution >= 4 is 88.8 Å². The molecule has 3 aromatic carbocycles. The Morgan fingerprint density at radius 3 is 1.22 bits per heavy atom. The Labute approximate surface area is 696 Å². The van der Waals surface area contributed by atoms with Crippen molar-refractivity contribution in [3.05, 3.63) is 138 Å². The molecule has 0 aromatic heterocycles. The van der Waals surface area contributed by atoms with E-state index in [4.69, 9.17) is 28.4 Å². The third-order valence-electron chi connectivity index (χ3n) is 21.4. The first-order valence-electron chi connectivity index (χ1n) is 40.9. The lowest BCUT2D eigenvalue weighted by Gasteiger charge is -2.35. The number of amides is 3. The van der Waals surface area contributed by atoms with Gasteiger partial charge >= 0.3 is 35.8 Å². The van der Waals surface area contributed by atoms with Crippen LogP contribution in [0.15, 0.2) is 91.0 Å². The maximum absolute atomic E-state index is 13.8. The Kier molecular flexibility index (Phi) is 41.7. The summed E-state index contributed by atoms with van der Waals surface area (Å²) in [5.74, 6) is -0.138. The Balaban J connectivity index is 0.000000243. The van der Waals surface area contributed by atoms with E-state index < -0.39 is 105 Å². The Bertz CT molecular complexity index is 3640. The number of likely N-dealkylation sites (tertiary alicyclic amines) is 3. The highest BCUT2D eigenvalue weighted by molar-refractivity contribution is 8.21. The van der Waals surface area contributed by atoms with Gasteiger partial charge in [0, 0.05) is 54.5 Å². The van der Waals surface area contributed by atoms with Gasteiger partial charge in [0.25, 0.3) is 15.3 Å². The van der Waals surface area contributed by atoms with Crippen LogP contribution in [0.25, 0.3) is 0 Å². The van der Waals surface area contributed by atoms with Crippen molar-refractivity contribution in [1.29, 1.82) is 0 Å². The van der Waals surface area contributed by atoms with E-state index in [9.17, 15) is 73.5 Å². The zero-order valence-corrected chi connectivity index (χ0v) is 70.4. The van der Waals surface area contributed by atoms with Gasteiger partial charge in [-0.2, -0.15) is 11.8 Å². The zero-order chi connectivity index (χ0) is 84.7. The fourth-order valence-corrected chi connectivity index (χ4v) is 19.7. The number of esters is 6. The number of thioether (sulfide) groups is 3. The minimum absolute atomic E-state index is 0.0290. The van der Waals surface area contributed by atoms with Gasteiger partial charge in [-0.05, 0) is 160 Å². The molecule has 2 aliphatic carbocycles. The average Bonchev–Trinajstić information content (AvgIpc) is 1.64. The molecule has 6 aliphatic rings. The van der Waals surface area contributed by atoms with Crippen LogP contribution in [-0.2, 0) is 105 Å². The van der Waals surface area contributed by atoms with Gasteiger partial charge in [0.1, 0.15) is 49.5 Å². The van der Waals surface area contributed by atoms with Crippen molar-refractivity contribution in [3.63, 3.8) is 0 Å². The van der Waals surface area contributed by atoms with E-state index in [2.05, 4.69) is 30.5 Å². The van der Waals surface area contributed by atoms with Gasteiger partial charge in [0.2, 0.25) is 17.7 Å². The van der Waals surface area contributed by atoms with Gasteiger partial charge in [0.15, 0.2) is 0 Å². The molecule has 6 fully saturated rings. The average molecular weight is 1700 g/mol. The van der Waals surface area contributed by atoms with E-state index in [1.807, 2.05) is 91.0 Å². The Morgan fingerprint density at radius 1 is 0.462 bits per heavy atom. The minimum Gasteiger partial charge on any atom is -0.465 e. The number of hydrogen-bond donors (Lipinski definition) is 3. The SMILES string of the molecule is CCOC(=O)C(CCc1ccccc1)NC(C)C(=O)N1C(C(=O)OCCCCO[N+](=O)[O-])CC2CCCCC21.CCOC(=O)C(CCc1ccccc1)NC(C)C(=O)N1C(C(=O)OCCCO[N+](=O)[O-])CC2CCCCC21.CCOC(=O)C(CCc1ccccc1)NC(C)C(=O)N1CC2(CC1C(=O)OCCSCCO[N+](=O)[O-])SCCS2. The van der Waals surface area contributed by atoms with Gasteiger partial charge in [-0.1, -0.05) is 117 Å². The molecule has 648 valence electrons. The quantitative estimate of drug-likeness (QED) is 0.0156. The number of ether oxygens (including phenoxy) is 6. The first kappa shape index (κ1) is 95.6. The summed E-state index contributed by atoms with van der Waals surface area (Å²) >= 11 is 4.92. The van der Waals surface area contributed by atoms with E-state index >= 15 is 0 Å². The fourth-order valence-electron chi connectivity index (χ4n) is 15.8. The van der Waals surface area contributed by atoms with Crippen LogP contribution in [0, 0.1) is 42.2 Å². The molecule has 0 bridgehead atoms. The van der Waals surface area contributed by atoms with Crippen LogP contribution in [0.5, 0.6) is 0 Å². The molecule has 2 saturated carbocycles. The number of fused-ring (bicyclic) bond motifs is 2. The van der Waals surface area contributed by atoms with Crippen molar-refractivity contribution in [3.8, 4) is 0 Å². The molecule has 4 aliphatic heterocycles. The van der Waals surface area contributed by atoms with Crippen LogP contribution in [0.3, 0.4) is 0 Å². The van der Waals surface area contributed by atoms with Gasteiger partial charge in [-0.3, -0.25) is 44.7 Å². The van der Waals surface area contributed by atoms with Crippen LogP contribution in [0.1, 0.15) is 167 Å². The van der Waals surface area contributed by atoms with Crippen molar-refractivity contribution in [2.75, 3.05) is 89.0 Å². The number of benzene rings is 3. The molecule has 36 heteroatoms. The third kappa shape index (κ3) is 31.3. The molecule has 1 spiro atoms. The van der Waals surface area contributed by atoms with Crippen LogP contribution in [-0.4, -0.2) is 243 Å². The molecule has 3 amide bonds. The first-order chi connectivity index (χ1) is 56.4. The van der Waals surface area contributed by atoms with Crippen LogP contribution >= 0.6 is 35.3 Å². The summed E-state index contributed by atoms with van der Waals surface area (Å²) in [4.78, 5) is 167. The fraction of sp³-hybridized carbons (Fsp3) is 0.667. The lowest BCUT2D eigenvalue weighted by atomic mass is 9.84. The second kappa shape index (κ2) is 51.0. The lowest BCUT2D eigenvalue weighted by Crippen LogP contribution is -2.56. The number of nitrogens with one attached hydrogen (secondary N) is 3. The number of carbonyl (C=O) groups excluding carboxylic acids is 9. The largest absolute Gasteiger partial charge is 0.465 e. The molecule has 4 saturated heterocycles. The second-order valence-corrected chi connectivity index (χ2v) is 33.9. The predicted octanol–water partition coefficient (Wildman–Crippen LogP) is 8.84. The first-order valence-corrected chi connectivity index (χ1v) is 44.0. The lowest BCUT2D eigenvalue weighted by molar-refractivity contribution is -0.757.